The highest BCUT2D eigenvalue weighted by atomic mass is 79.9. The molecular weight excluding hydrogens is 412 g/mol. The molecule has 0 saturated heterocycles. The molecule has 0 bridgehead atoms. The van der Waals surface area contributed by atoms with Gasteiger partial charge in [0.25, 0.3) is 5.22 Å². The number of oxazole rings is 1. The largest absolute Gasteiger partial charge is 0.431 e. The smallest absolute Gasteiger partial charge is 0.256 e. The van der Waals surface area contributed by atoms with E-state index >= 15 is 0 Å². The highest BCUT2D eigenvalue weighted by Gasteiger charge is 2.10. The lowest BCUT2D eigenvalue weighted by Gasteiger charge is -2.04. The lowest BCUT2D eigenvalue weighted by molar-refractivity contribution is -0.113. The third-order valence-corrected chi connectivity index (χ3v) is 4.65. The molecule has 24 heavy (non-hydrogen) atoms. The summed E-state index contributed by atoms with van der Waals surface area (Å²) < 4.78 is 6.66. The molecule has 1 amide bonds. The molecule has 0 saturated carbocycles. The Balaban J connectivity index is 1.57. The monoisotopic (exact) mass is 422 g/mol. The van der Waals surface area contributed by atoms with Gasteiger partial charge in [0.2, 0.25) is 5.91 Å². The van der Waals surface area contributed by atoms with E-state index in [-0.39, 0.29) is 11.7 Å². The fourth-order valence-electron chi connectivity index (χ4n) is 1.96. The van der Waals surface area contributed by atoms with Gasteiger partial charge in [-0.1, -0.05) is 57.5 Å². The van der Waals surface area contributed by atoms with E-state index in [1.165, 1.54) is 11.8 Å². The standard InChI is InChI=1S/C17H12BrClN2O2S/c18-12-6-4-11(5-7-12)15-9-20-17(23-15)24-10-16(22)21-14-3-1-2-13(19)8-14/h1-9H,10H2,(H,21,22). The first-order chi connectivity index (χ1) is 11.6. The summed E-state index contributed by atoms with van der Waals surface area (Å²) in [5.41, 5.74) is 1.59. The zero-order valence-electron chi connectivity index (χ0n) is 12.3. The number of nitrogens with zero attached hydrogens (tertiary/aromatic N) is 1. The van der Waals surface area contributed by atoms with Gasteiger partial charge in [-0.25, -0.2) is 4.98 Å². The Morgan fingerprint density at radius 3 is 2.79 bits per heavy atom. The summed E-state index contributed by atoms with van der Waals surface area (Å²) in [5.74, 6) is 0.721. The van der Waals surface area contributed by atoms with Crippen molar-refractivity contribution in [2.45, 2.75) is 5.22 Å². The highest BCUT2D eigenvalue weighted by molar-refractivity contribution is 9.10. The maximum absolute atomic E-state index is 12.0. The van der Waals surface area contributed by atoms with E-state index in [0.29, 0.717) is 21.7 Å². The molecule has 1 aromatic heterocycles. The molecule has 0 unspecified atom stereocenters. The van der Waals surface area contributed by atoms with Crippen LogP contribution in [0.2, 0.25) is 5.02 Å². The molecule has 4 nitrogen and oxygen atoms in total. The normalized spacial score (nSPS) is 10.6. The maximum atomic E-state index is 12.0. The van der Waals surface area contributed by atoms with Crippen molar-refractivity contribution in [2.24, 2.45) is 0 Å². The van der Waals surface area contributed by atoms with Crippen molar-refractivity contribution in [2.75, 3.05) is 11.1 Å². The maximum Gasteiger partial charge on any atom is 0.256 e. The van der Waals surface area contributed by atoms with Crippen molar-refractivity contribution in [1.82, 2.24) is 4.98 Å². The molecule has 3 aromatic rings. The molecule has 122 valence electrons. The second-order valence-electron chi connectivity index (χ2n) is 4.84. The first kappa shape index (κ1) is 17.1. The second-order valence-corrected chi connectivity index (χ2v) is 7.12. The molecule has 3 rings (SSSR count). The molecule has 0 aliphatic carbocycles. The predicted octanol–water partition coefficient (Wildman–Crippen LogP) is 5.49. The Morgan fingerprint density at radius 1 is 1.25 bits per heavy atom. The summed E-state index contributed by atoms with van der Waals surface area (Å²) in [6, 6.07) is 14.8. The van der Waals surface area contributed by atoms with E-state index in [2.05, 4.69) is 26.2 Å². The van der Waals surface area contributed by atoms with Gasteiger partial charge < -0.3 is 9.73 Å². The molecule has 0 atom stereocenters. The number of anilines is 1. The molecule has 7 heteroatoms. The summed E-state index contributed by atoms with van der Waals surface area (Å²) in [6.45, 7) is 0. The Bertz CT molecular complexity index is 852. The minimum absolute atomic E-state index is 0.148. The van der Waals surface area contributed by atoms with Crippen LogP contribution in [0.25, 0.3) is 11.3 Å². The van der Waals surface area contributed by atoms with Crippen molar-refractivity contribution in [1.29, 1.82) is 0 Å². The first-order valence-electron chi connectivity index (χ1n) is 7.00. The molecule has 0 radical (unpaired) electrons. The number of thioether (sulfide) groups is 1. The summed E-state index contributed by atoms with van der Waals surface area (Å²) in [4.78, 5) is 16.2. The number of aromatic nitrogens is 1. The number of nitrogens with one attached hydrogen (secondary N) is 1. The number of amides is 1. The Labute approximate surface area is 156 Å². The van der Waals surface area contributed by atoms with Crippen molar-refractivity contribution in [3.8, 4) is 11.3 Å². The predicted molar refractivity (Wildman–Crippen MR) is 100 cm³/mol. The Morgan fingerprint density at radius 2 is 2.04 bits per heavy atom. The van der Waals surface area contributed by atoms with Gasteiger partial charge in [-0.3, -0.25) is 4.79 Å². The van der Waals surface area contributed by atoms with Crippen molar-refractivity contribution < 1.29 is 9.21 Å². The van der Waals surface area contributed by atoms with Gasteiger partial charge in [0, 0.05) is 20.7 Å². The number of rotatable bonds is 5. The Hall–Kier alpha value is -1.76. The molecule has 0 aliphatic heterocycles. The van der Waals surface area contributed by atoms with Crippen LogP contribution in [-0.2, 0) is 4.79 Å². The number of carbonyl (C=O) groups is 1. The van der Waals surface area contributed by atoms with Crippen LogP contribution in [-0.4, -0.2) is 16.6 Å². The van der Waals surface area contributed by atoms with E-state index in [1.54, 1.807) is 30.5 Å². The number of carbonyl (C=O) groups excluding carboxylic acids is 1. The van der Waals surface area contributed by atoms with Crippen LogP contribution in [0.3, 0.4) is 0 Å². The van der Waals surface area contributed by atoms with Crippen LogP contribution in [0.5, 0.6) is 0 Å². The number of hydrogen-bond donors (Lipinski definition) is 1. The zero-order valence-corrected chi connectivity index (χ0v) is 15.5. The van der Waals surface area contributed by atoms with Gasteiger partial charge in [-0.2, -0.15) is 0 Å². The summed E-state index contributed by atoms with van der Waals surface area (Å²) >= 11 is 10.5. The van der Waals surface area contributed by atoms with Gasteiger partial charge in [0.1, 0.15) is 0 Å². The summed E-state index contributed by atoms with van der Waals surface area (Å²) in [7, 11) is 0. The molecule has 1 heterocycles. The topological polar surface area (TPSA) is 55.1 Å². The van der Waals surface area contributed by atoms with Crippen molar-refractivity contribution in [3.05, 3.63) is 64.2 Å². The van der Waals surface area contributed by atoms with E-state index < -0.39 is 0 Å². The van der Waals surface area contributed by atoms with Crippen molar-refractivity contribution in [3.63, 3.8) is 0 Å². The SMILES string of the molecule is O=C(CSc1ncc(-c2ccc(Br)cc2)o1)Nc1cccc(Cl)c1. The quantitative estimate of drug-likeness (QED) is 0.551. The number of benzene rings is 2. The first-order valence-corrected chi connectivity index (χ1v) is 9.16. The van der Waals surface area contributed by atoms with Crippen LogP contribution in [0, 0.1) is 0 Å². The summed E-state index contributed by atoms with van der Waals surface area (Å²) in [6.07, 6.45) is 1.65. The van der Waals surface area contributed by atoms with E-state index in [0.717, 1.165) is 10.0 Å². The van der Waals surface area contributed by atoms with E-state index in [9.17, 15) is 4.79 Å². The minimum Gasteiger partial charge on any atom is -0.431 e. The highest BCUT2D eigenvalue weighted by Crippen LogP contribution is 2.26. The Kier molecular flexibility index (Phi) is 5.60. The fraction of sp³-hybridized carbons (Fsp3) is 0.0588. The summed E-state index contributed by atoms with van der Waals surface area (Å²) in [5, 5.41) is 3.81. The van der Waals surface area contributed by atoms with Crippen LogP contribution in [0.15, 0.2) is 68.8 Å². The minimum atomic E-state index is -0.148. The molecule has 1 N–H and O–H groups in total. The lowest BCUT2D eigenvalue weighted by atomic mass is 10.2. The van der Waals surface area contributed by atoms with E-state index in [4.69, 9.17) is 16.0 Å². The average Bonchev–Trinajstić information content (AvgIpc) is 3.03. The van der Waals surface area contributed by atoms with Gasteiger partial charge in [0.05, 0.1) is 11.9 Å². The second kappa shape index (κ2) is 7.88. The number of hydrogen-bond acceptors (Lipinski definition) is 4. The molecule has 0 spiro atoms. The number of halogens is 2. The third-order valence-electron chi connectivity index (χ3n) is 3.05. The lowest BCUT2D eigenvalue weighted by Crippen LogP contribution is -2.13. The van der Waals surface area contributed by atoms with Gasteiger partial charge in [0.15, 0.2) is 5.76 Å². The van der Waals surface area contributed by atoms with Gasteiger partial charge in [-0.05, 0) is 30.3 Å². The van der Waals surface area contributed by atoms with Gasteiger partial charge >= 0.3 is 0 Å². The average molecular weight is 424 g/mol. The van der Waals surface area contributed by atoms with Gasteiger partial charge in [-0.15, -0.1) is 0 Å². The molecular formula is C17H12BrClN2O2S. The van der Waals surface area contributed by atoms with Crippen LogP contribution < -0.4 is 5.32 Å². The van der Waals surface area contributed by atoms with E-state index in [1.807, 2.05) is 24.3 Å². The molecule has 2 aromatic carbocycles. The zero-order chi connectivity index (χ0) is 16.9. The third kappa shape index (κ3) is 4.63. The fourth-order valence-corrected chi connectivity index (χ4v) is 3.02. The van der Waals surface area contributed by atoms with Crippen LogP contribution in [0.4, 0.5) is 5.69 Å². The van der Waals surface area contributed by atoms with Crippen molar-refractivity contribution >= 4 is 50.9 Å². The van der Waals surface area contributed by atoms with Crippen LogP contribution in [0.1, 0.15) is 0 Å². The van der Waals surface area contributed by atoms with Crippen LogP contribution >= 0.6 is 39.3 Å². The molecule has 0 aliphatic rings. The molecule has 0 fully saturated rings.